The van der Waals surface area contributed by atoms with Gasteiger partial charge >= 0.3 is 0 Å². The summed E-state index contributed by atoms with van der Waals surface area (Å²) in [6.45, 7) is 0.692. The monoisotopic (exact) mass is 328 g/mol. The number of carbonyl (C=O) groups is 1. The maximum atomic E-state index is 11.8. The van der Waals surface area contributed by atoms with Crippen LogP contribution in [0.5, 0.6) is 0 Å². The second kappa shape index (κ2) is 7.64. The fourth-order valence-corrected chi connectivity index (χ4v) is 3.95. The van der Waals surface area contributed by atoms with Crippen molar-refractivity contribution in [3.63, 3.8) is 0 Å². The van der Waals surface area contributed by atoms with Crippen molar-refractivity contribution in [1.82, 2.24) is 9.79 Å². The van der Waals surface area contributed by atoms with Crippen molar-refractivity contribution < 1.29 is 10.0 Å². The van der Waals surface area contributed by atoms with Gasteiger partial charge in [0.15, 0.2) is 0 Å². The number of amides is 1. The summed E-state index contributed by atoms with van der Waals surface area (Å²) < 4.78 is 2.06. The van der Waals surface area contributed by atoms with Gasteiger partial charge in [-0.3, -0.25) is 10.0 Å². The lowest BCUT2D eigenvalue weighted by atomic mass is 10.0. The molecule has 1 heterocycles. The van der Waals surface area contributed by atoms with Crippen molar-refractivity contribution in [2.75, 3.05) is 5.75 Å². The van der Waals surface area contributed by atoms with E-state index in [4.69, 9.17) is 5.21 Å². The van der Waals surface area contributed by atoms with Crippen LogP contribution in [-0.4, -0.2) is 27.2 Å². The van der Waals surface area contributed by atoms with Gasteiger partial charge in [0.1, 0.15) is 6.04 Å². The highest BCUT2D eigenvalue weighted by molar-refractivity contribution is 7.97. The summed E-state index contributed by atoms with van der Waals surface area (Å²) in [5.74, 6) is 0.690. The Kier molecular flexibility index (Phi) is 5.33. The van der Waals surface area contributed by atoms with E-state index in [2.05, 4.69) is 40.7 Å². The van der Waals surface area contributed by atoms with Gasteiger partial charge < -0.3 is 0 Å². The molecule has 2 aromatic carbocycles. The van der Waals surface area contributed by atoms with Crippen LogP contribution in [0.25, 0.3) is 11.1 Å². The average Bonchev–Trinajstić information content (AvgIpc) is 2.63. The number of benzene rings is 2. The Morgan fingerprint density at radius 1 is 1.13 bits per heavy atom. The molecule has 0 aliphatic carbocycles. The minimum Gasteiger partial charge on any atom is -0.289 e. The Labute approximate surface area is 140 Å². The molecule has 0 bridgehead atoms. The Bertz CT molecular complexity index is 646. The molecule has 5 heteroatoms. The lowest BCUT2D eigenvalue weighted by Crippen LogP contribution is -2.44. The second-order valence-electron chi connectivity index (χ2n) is 5.61. The smallest absolute Gasteiger partial charge is 0.261 e. The normalized spacial score (nSPS) is 18.6. The number of hydrogen-bond acceptors (Lipinski definition) is 4. The zero-order chi connectivity index (χ0) is 16.1. The number of carbonyl (C=O) groups excluding carboxylic acids is 1. The fraction of sp³-hybridized carbons (Fsp3) is 0.278. The van der Waals surface area contributed by atoms with Gasteiger partial charge in [-0.05, 0) is 29.5 Å². The Hall–Kier alpha value is -1.82. The molecule has 2 N–H and O–H groups in total. The summed E-state index contributed by atoms with van der Waals surface area (Å²) in [5, 5.41) is 8.90. The van der Waals surface area contributed by atoms with Crippen LogP contribution in [0.2, 0.25) is 0 Å². The number of hydrogen-bond donors (Lipinski definition) is 2. The van der Waals surface area contributed by atoms with E-state index in [9.17, 15) is 4.79 Å². The van der Waals surface area contributed by atoms with Crippen LogP contribution in [0.1, 0.15) is 18.4 Å². The minimum absolute atomic E-state index is 0.271. The van der Waals surface area contributed by atoms with Gasteiger partial charge in [0.2, 0.25) is 0 Å². The molecule has 1 aliphatic rings. The second-order valence-corrected chi connectivity index (χ2v) is 6.74. The molecule has 4 nitrogen and oxygen atoms in total. The largest absolute Gasteiger partial charge is 0.289 e. The van der Waals surface area contributed by atoms with E-state index < -0.39 is 0 Å². The molecule has 0 radical (unpaired) electrons. The van der Waals surface area contributed by atoms with Crippen LogP contribution < -0.4 is 5.48 Å². The third-order valence-electron chi connectivity index (χ3n) is 4.04. The molecule has 23 heavy (non-hydrogen) atoms. The van der Waals surface area contributed by atoms with E-state index in [0.717, 1.165) is 24.2 Å². The first-order chi connectivity index (χ1) is 11.3. The highest BCUT2D eigenvalue weighted by Crippen LogP contribution is 2.28. The van der Waals surface area contributed by atoms with Crippen molar-refractivity contribution >= 4 is 17.9 Å². The van der Waals surface area contributed by atoms with Crippen molar-refractivity contribution in [3.8, 4) is 11.1 Å². The first kappa shape index (κ1) is 16.1. The fourth-order valence-electron chi connectivity index (χ4n) is 2.80. The predicted molar refractivity (Wildman–Crippen MR) is 92.8 cm³/mol. The van der Waals surface area contributed by atoms with Gasteiger partial charge in [0, 0.05) is 12.3 Å². The van der Waals surface area contributed by atoms with Crippen molar-refractivity contribution in [1.29, 1.82) is 0 Å². The van der Waals surface area contributed by atoms with Crippen molar-refractivity contribution in [3.05, 3.63) is 60.2 Å². The zero-order valence-corrected chi connectivity index (χ0v) is 13.6. The first-order valence-electron chi connectivity index (χ1n) is 7.76. The summed E-state index contributed by atoms with van der Waals surface area (Å²) in [7, 11) is 0. The van der Waals surface area contributed by atoms with Gasteiger partial charge in [-0.2, -0.15) is 0 Å². The molecule has 0 aromatic heterocycles. The van der Waals surface area contributed by atoms with Gasteiger partial charge in [-0.25, -0.2) is 9.79 Å². The summed E-state index contributed by atoms with van der Waals surface area (Å²) >= 11 is 1.67. The zero-order valence-electron chi connectivity index (χ0n) is 12.8. The van der Waals surface area contributed by atoms with Crippen LogP contribution in [0.15, 0.2) is 54.6 Å². The number of hydroxylamine groups is 1. The van der Waals surface area contributed by atoms with Crippen molar-refractivity contribution in [2.24, 2.45) is 0 Å². The molecule has 1 fully saturated rings. The molecule has 1 aliphatic heterocycles. The van der Waals surface area contributed by atoms with Crippen LogP contribution in [0, 0.1) is 0 Å². The van der Waals surface area contributed by atoms with E-state index in [1.165, 1.54) is 11.1 Å². The average molecular weight is 328 g/mol. The quantitative estimate of drug-likeness (QED) is 0.513. The molecule has 1 amide bonds. The molecule has 3 rings (SSSR count). The molecule has 0 spiro atoms. The Morgan fingerprint density at radius 3 is 2.52 bits per heavy atom. The van der Waals surface area contributed by atoms with Gasteiger partial charge in [-0.1, -0.05) is 66.5 Å². The SMILES string of the molecule is O=C(NO)C1CCCSN1Cc1ccc(-c2ccccc2)cc1. The van der Waals surface area contributed by atoms with Crippen LogP contribution in [0.4, 0.5) is 0 Å². The molecule has 1 saturated heterocycles. The maximum Gasteiger partial charge on any atom is 0.261 e. The Morgan fingerprint density at radius 2 is 1.83 bits per heavy atom. The van der Waals surface area contributed by atoms with Crippen LogP contribution >= 0.6 is 11.9 Å². The minimum atomic E-state index is -0.321. The first-order valence-corrected chi connectivity index (χ1v) is 8.70. The standard InChI is InChI=1S/C18H20N2O2S/c21-18(19-22)17-7-4-12-23-20(17)13-14-8-10-16(11-9-14)15-5-2-1-3-6-15/h1-3,5-6,8-11,17,22H,4,7,12-13H2,(H,19,21). The molecule has 2 aromatic rings. The van der Waals surface area contributed by atoms with E-state index in [1.54, 1.807) is 17.4 Å². The Balaban J connectivity index is 1.71. The molecule has 1 atom stereocenters. The molecular formula is C18H20N2O2S. The topological polar surface area (TPSA) is 52.6 Å². The molecule has 120 valence electrons. The number of nitrogens with one attached hydrogen (secondary N) is 1. The predicted octanol–water partition coefficient (Wildman–Crippen LogP) is 3.47. The third kappa shape index (κ3) is 3.93. The van der Waals surface area contributed by atoms with Gasteiger partial charge in [-0.15, -0.1) is 0 Å². The summed E-state index contributed by atoms with van der Waals surface area (Å²) in [4.78, 5) is 11.8. The maximum absolute atomic E-state index is 11.8. The molecular weight excluding hydrogens is 308 g/mol. The lowest BCUT2D eigenvalue weighted by molar-refractivity contribution is -0.133. The van der Waals surface area contributed by atoms with Crippen LogP contribution in [0.3, 0.4) is 0 Å². The summed E-state index contributed by atoms with van der Waals surface area (Å²) in [6.07, 6.45) is 1.77. The number of rotatable bonds is 4. The van der Waals surface area contributed by atoms with Gasteiger partial charge in [0.25, 0.3) is 5.91 Å². The van der Waals surface area contributed by atoms with Crippen molar-refractivity contribution in [2.45, 2.75) is 25.4 Å². The highest BCUT2D eigenvalue weighted by atomic mass is 32.2. The highest BCUT2D eigenvalue weighted by Gasteiger charge is 2.29. The van der Waals surface area contributed by atoms with Gasteiger partial charge in [0.05, 0.1) is 0 Å². The molecule has 0 saturated carbocycles. The summed E-state index contributed by atoms with van der Waals surface area (Å²) in [5.41, 5.74) is 5.33. The lowest BCUT2D eigenvalue weighted by Gasteiger charge is -2.32. The summed E-state index contributed by atoms with van der Waals surface area (Å²) in [6, 6.07) is 18.4. The van der Waals surface area contributed by atoms with E-state index in [0.29, 0.717) is 6.54 Å². The van der Waals surface area contributed by atoms with E-state index in [-0.39, 0.29) is 11.9 Å². The third-order valence-corrected chi connectivity index (χ3v) is 5.23. The van der Waals surface area contributed by atoms with E-state index >= 15 is 0 Å². The van der Waals surface area contributed by atoms with Crippen LogP contribution in [-0.2, 0) is 11.3 Å². The molecule has 1 unspecified atom stereocenters. The number of nitrogens with zero attached hydrogens (tertiary/aromatic N) is 1. The van der Waals surface area contributed by atoms with E-state index in [1.807, 2.05) is 18.2 Å².